The number of nitrogens with one attached hydrogen (secondary N) is 1. The van der Waals surface area contributed by atoms with Crippen LogP contribution in [0.2, 0.25) is 0 Å². The second kappa shape index (κ2) is 7.77. The number of fused-ring (bicyclic) bond motifs is 1. The Hall–Kier alpha value is -2.84. The van der Waals surface area contributed by atoms with Gasteiger partial charge in [-0.2, -0.15) is 0 Å². The minimum absolute atomic E-state index is 0.145. The van der Waals surface area contributed by atoms with E-state index in [2.05, 4.69) is 4.72 Å². The molecule has 0 saturated heterocycles. The van der Waals surface area contributed by atoms with Gasteiger partial charge in [0.25, 0.3) is 20.0 Å². The van der Waals surface area contributed by atoms with E-state index in [1.54, 1.807) is 60.7 Å². The van der Waals surface area contributed by atoms with E-state index in [9.17, 15) is 16.8 Å². The van der Waals surface area contributed by atoms with Gasteiger partial charge < -0.3 is 0 Å². The summed E-state index contributed by atoms with van der Waals surface area (Å²) in [4.78, 5) is 0.364. The van der Waals surface area contributed by atoms with Gasteiger partial charge in [0.1, 0.15) is 0 Å². The van der Waals surface area contributed by atoms with Crippen molar-refractivity contribution < 1.29 is 16.8 Å². The van der Waals surface area contributed by atoms with E-state index < -0.39 is 20.0 Å². The van der Waals surface area contributed by atoms with Crippen LogP contribution in [-0.2, 0) is 26.5 Å². The molecule has 1 aliphatic rings. The highest BCUT2D eigenvalue weighted by Gasteiger charge is 2.29. The summed E-state index contributed by atoms with van der Waals surface area (Å²) in [5.41, 5.74) is 2.68. The predicted octanol–water partition coefficient (Wildman–Crippen LogP) is 3.94. The molecule has 0 aliphatic carbocycles. The minimum atomic E-state index is -3.77. The molecule has 0 bridgehead atoms. The summed E-state index contributed by atoms with van der Waals surface area (Å²) in [6, 6.07) is 19.8. The fourth-order valence-electron chi connectivity index (χ4n) is 3.51. The lowest BCUT2D eigenvalue weighted by molar-refractivity contribution is 0.586. The average molecular weight is 443 g/mol. The first kappa shape index (κ1) is 20.4. The summed E-state index contributed by atoms with van der Waals surface area (Å²) in [5, 5.41) is 0. The van der Waals surface area contributed by atoms with Gasteiger partial charge in [-0.05, 0) is 61.7 Å². The molecule has 6 nitrogen and oxygen atoms in total. The van der Waals surface area contributed by atoms with Gasteiger partial charge in [-0.3, -0.25) is 9.03 Å². The van der Waals surface area contributed by atoms with Gasteiger partial charge in [0.2, 0.25) is 0 Å². The molecule has 4 rings (SSSR count). The molecule has 0 amide bonds. The highest BCUT2D eigenvalue weighted by atomic mass is 32.2. The summed E-state index contributed by atoms with van der Waals surface area (Å²) >= 11 is 0. The monoisotopic (exact) mass is 442 g/mol. The number of anilines is 2. The van der Waals surface area contributed by atoms with Crippen molar-refractivity contribution in [2.45, 2.75) is 29.6 Å². The van der Waals surface area contributed by atoms with Crippen LogP contribution in [0, 0.1) is 6.92 Å². The lowest BCUT2D eigenvalue weighted by Gasteiger charge is -2.31. The predicted molar refractivity (Wildman–Crippen MR) is 118 cm³/mol. The van der Waals surface area contributed by atoms with Crippen molar-refractivity contribution >= 4 is 31.4 Å². The number of benzene rings is 3. The van der Waals surface area contributed by atoms with E-state index in [1.807, 2.05) is 6.92 Å². The molecular formula is C22H22N2O4S2. The van der Waals surface area contributed by atoms with Gasteiger partial charge >= 0.3 is 0 Å². The molecule has 0 spiro atoms. The number of aryl methyl sites for hydroxylation is 2. The van der Waals surface area contributed by atoms with Crippen molar-refractivity contribution in [2.24, 2.45) is 0 Å². The maximum Gasteiger partial charge on any atom is 0.264 e. The fourth-order valence-corrected chi connectivity index (χ4v) is 6.11. The van der Waals surface area contributed by atoms with Gasteiger partial charge in [0, 0.05) is 6.54 Å². The van der Waals surface area contributed by atoms with Crippen LogP contribution in [0.25, 0.3) is 0 Å². The Kier molecular flexibility index (Phi) is 5.29. The van der Waals surface area contributed by atoms with Crippen LogP contribution >= 0.6 is 0 Å². The zero-order valence-electron chi connectivity index (χ0n) is 16.4. The Morgan fingerprint density at radius 2 is 1.53 bits per heavy atom. The van der Waals surface area contributed by atoms with Crippen molar-refractivity contribution in [1.82, 2.24) is 0 Å². The molecule has 30 heavy (non-hydrogen) atoms. The number of sulfonamides is 2. The molecule has 156 valence electrons. The first-order valence-corrected chi connectivity index (χ1v) is 12.5. The number of rotatable bonds is 5. The molecular weight excluding hydrogens is 420 g/mol. The van der Waals surface area contributed by atoms with Crippen LogP contribution < -0.4 is 9.03 Å². The van der Waals surface area contributed by atoms with E-state index in [1.165, 1.54) is 16.4 Å². The van der Waals surface area contributed by atoms with Gasteiger partial charge in [0.05, 0.1) is 21.2 Å². The summed E-state index contributed by atoms with van der Waals surface area (Å²) < 4.78 is 55.8. The highest BCUT2D eigenvalue weighted by molar-refractivity contribution is 7.93. The van der Waals surface area contributed by atoms with E-state index in [4.69, 9.17) is 0 Å². The molecule has 3 aromatic carbocycles. The third-order valence-electron chi connectivity index (χ3n) is 5.08. The Labute approximate surface area is 177 Å². The van der Waals surface area contributed by atoms with E-state index in [-0.39, 0.29) is 9.79 Å². The fraction of sp³-hybridized carbons (Fsp3) is 0.182. The third-order valence-corrected chi connectivity index (χ3v) is 8.30. The van der Waals surface area contributed by atoms with Crippen molar-refractivity contribution in [2.75, 3.05) is 15.6 Å². The Balaban J connectivity index is 1.71. The largest absolute Gasteiger partial charge is 0.280 e. The van der Waals surface area contributed by atoms with E-state index in [0.717, 1.165) is 17.5 Å². The normalized spacial score (nSPS) is 14.2. The summed E-state index contributed by atoms with van der Waals surface area (Å²) in [6.45, 7) is 2.25. The second-order valence-electron chi connectivity index (χ2n) is 7.26. The summed E-state index contributed by atoms with van der Waals surface area (Å²) in [6.07, 6.45) is 1.44. The molecule has 0 unspecified atom stereocenters. The lowest BCUT2D eigenvalue weighted by atomic mass is 10.0. The van der Waals surface area contributed by atoms with Crippen molar-refractivity contribution in [3.63, 3.8) is 0 Å². The summed E-state index contributed by atoms with van der Waals surface area (Å²) in [7, 11) is -7.52. The van der Waals surface area contributed by atoms with E-state index >= 15 is 0 Å². The molecule has 8 heteroatoms. The van der Waals surface area contributed by atoms with Crippen molar-refractivity contribution in [3.05, 3.63) is 83.9 Å². The molecule has 0 atom stereocenters. The molecule has 3 aromatic rings. The zero-order valence-corrected chi connectivity index (χ0v) is 18.1. The third kappa shape index (κ3) is 3.93. The molecule has 0 fully saturated rings. The molecule has 1 aliphatic heterocycles. The molecule has 1 heterocycles. The maximum absolute atomic E-state index is 13.3. The SMILES string of the molecule is Cc1ccc(S(=O)(=O)N2CCCc3ccc(NS(=O)(=O)c4ccccc4)cc32)cc1. The quantitative estimate of drug-likeness (QED) is 0.649. The first-order valence-electron chi connectivity index (χ1n) is 9.58. The molecule has 1 N–H and O–H groups in total. The van der Waals surface area contributed by atoms with Gasteiger partial charge in [-0.1, -0.05) is 42.0 Å². The van der Waals surface area contributed by atoms with Gasteiger partial charge in [0.15, 0.2) is 0 Å². The van der Waals surface area contributed by atoms with Crippen LogP contribution in [0.15, 0.2) is 82.6 Å². The van der Waals surface area contributed by atoms with E-state index in [0.29, 0.717) is 24.3 Å². The minimum Gasteiger partial charge on any atom is -0.280 e. The van der Waals surface area contributed by atoms with Crippen LogP contribution in [0.5, 0.6) is 0 Å². The maximum atomic E-state index is 13.3. The standard InChI is InChI=1S/C22H22N2O4S2/c1-17-9-13-21(14-10-17)30(27,28)24-15-5-6-18-11-12-19(16-22(18)24)23-29(25,26)20-7-3-2-4-8-20/h2-4,7-14,16,23H,5-6,15H2,1H3. The number of hydrogen-bond acceptors (Lipinski definition) is 4. The number of hydrogen-bond donors (Lipinski definition) is 1. The van der Waals surface area contributed by atoms with Gasteiger partial charge in [-0.15, -0.1) is 0 Å². The van der Waals surface area contributed by atoms with Crippen molar-refractivity contribution in [1.29, 1.82) is 0 Å². The Bertz CT molecular complexity index is 1270. The van der Waals surface area contributed by atoms with Gasteiger partial charge in [-0.25, -0.2) is 16.8 Å². The van der Waals surface area contributed by atoms with Crippen LogP contribution in [0.3, 0.4) is 0 Å². The van der Waals surface area contributed by atoms with Crippen LogP contribution in [0.4, 0.5) is 11.4 Å². The topological polar surface area (TPSA) is 83.6 Å². The Morgan fingerprint density at radius 3 is 2.23 bits per heavy atom. The summed E-state index contributed by atoms with van der Waals surface area (Å²) in [5.74, 6) is 0. The lowest BCUT2D eigenvalue weighted by Crippen LogP contribution is -2.35. The zero-order chi connectivity index (χ0) is 21.4. The molecule has 0 saturated carbocycles. The van der Waals surface area contributed by atoms with Crippen LogP contribution in [0.1, 0.15) is 17.5 Å². The Morgan fingerprint density at radius 1 is 0.833 bits per heavy atom. The first-order chi connectivity index (χ1) is 14.3. The number of nitrogens with zero attached hydrogens (tertiary/aromatic N) is 1. The average Bonchev–Trinajstić information content (AvgIpc) is 2.74. The second-order valence-corrected chi connectivity index (χ2v) is 10.8. The molecule has 0 radical (unpaired) electrons. The molecule has 0 aromatic heterocycles. The smallest absolute Gasteiger partial charge is 0.264 e. The van der Waals surface area contributed by atoms with Crippen LogP contribution in [-0.4, -0.2) is 23.4 Å². The highest BCUT2D eigenvalue weighted by Crippen LogP contribution is 2.34. The van der Waals surface area contributed by atoms with Crippen molar-refractivity contribution in [3.8, 4) is 0 Å².